The lowest BCUT2D eigenvalue weighted by atomic mass is 9.88. The normalized spacial score (nSPS) is 13.0. The summed E-state index contributed by atoms with van der Waals surface area (Å²) in [6, 6.07) is 1.09. The van der Waals surface area contributed by atoms with E-state index in [1.807, 2.05) is 26.8 Å². The van der Waals surface area contributed by atoms with Gasteiger partial charge in [-0.05, 0) is 24.0 Å². The van der Waals surface area contributed by atoms with Crippen molar-refractivity contribution in [3.8, 4) is 5.75 Å². The van der Waals surface area contributed by atoms with E-state index >= 15 is 0 Å². The fourth-order valence-electron chi connectivity index (χ4n) is 1.80. The van der Waals surface area contributed by atoms with E-state index in [1.54, 1.807) is 6.20 Å². The summed E-state index contributed by atoms with van der Waals surface area (Å²) in [6.07, 6.45) is 3.44. The van der Waals surface area contributed by atoms with Gasteiger partial charge in [-0.1, -0.05) is 27.4 Å². The third-order valence-corrected chi connectivity index (χ3v) is 3.67. The summed E-state index contributed by atoms with van der Waals surface area (Å²) in [7, 11) is -3.66. The Hall–Kier alpha value is -2.13. The SMILES string of the molecule is C=C(C)OC(=O)N[C@H](COc1cncc(C(C)(C)C)c1)COS(C)(=O)=O. The first kappa shape index (κ1) is 21.9. The van der Waals surface area contributed by atoms with Crippen molar-refractivity contribution >= 4 is 16.2 Å². The third-order valence-electron chi connectivity index (χ3n) is 3.10. The predicted molar refractivity (Wildman–Crippen MR) is 97.4 cm³/mol. The van der Waals surface area contributed by atoms with Crippen LogP contribution in [-0.2, 0) is 24.5 Å². The third kappa shape index (κ3) is 8.82. The van der Waals surface area contributed by atoms with E-state index in [2.05, 4.69) is 16.9 Å². The first-order valence-corrected chi connectivity index (χ1v) is 9.75. The fourth-order valence-corrected chi connectivity index (χ4v) is 2.21. The summed E-state index contributed by atoms with van der Waals surface area (Å²) in [4.78, 5) is 15.9. The number of carbonyl (C=O) groups excluding carboxylic acids is 1. The van der Waals surface area contributed by atoms with Crippen molar-refractivity contribution in [1.82, 2.24) is 10.3 Å². The molecule has 0 aromatic carbocycles. The summed E-state index contributed by atoms with van der Waals surface area (Å²) in [5.41, 5.74) is 0.878. The Morgan fingerprint density at radius 1 is 1.31 bits per heavy atom. The molecular weight excluding hydrogens is 360 g/mol. The number of nitrogens with zero attached hydrogens (tertiary/aromatic N) is 1. The summed E-state index contributed by atoms with van der Waals surface area (Å²) in [5.74, 6) is 0.699. The second kappa shape index (κ2) is 9.00. The molecule has 0 fully saturated rings. The average molecular weight is 386 g/mol. The number of hydrogen-bond acceptors (Lipinski definition) is 7. The van der Waals surface area contributed by atoms with Crippen LogP contribution in [0.1, 0.15) is 33.3 Å². The van der Waals surface area contributed by atoms with Gasteiger partial charge in [0.15, 0.2) is 0 Å². The number of amides is 1. The number of nitrogens with one attached hydrogen (secondary N) is 1. The molecule has 9 heteroatoms. The number of rotatable bonds is 8. The second-order valence-corrected chi connectivity index (χ2v) is 8.54. The van der Waals surface area contributed by atoms with Crippen molar-refractivity contribution in [2.75, 3.05) is 19.5 Å². The number of aromatic nitrogens is 1. The standard InChI is InChI=1S/C17H26N2O6S/c1-12(2)25-16(20)19-14(11-24-26(6,21)22)10-23-15-7-13(8-18-9-15)17(3,4)5/h7-9,14H,1,10-11H2,2-6H3,(H,19,20)/t14-/m1/s1. The topological polar surface area (TPSA) is 104 Å². The fraction of sp³-hybridized carbons (Fsp3) is 0.529. The summed E-state index contributed by atoms with van der Waals surface area (Å²) in [5, 5.41) is 2.48. The maximum Gasteiger partial charge on any atom is 0.412 e. The van der Waals surface area contributed by atoms with E-state index in [1.165, 1.54) is 13.1 Å². The largest absolute Gasteiger partial charge is 0.490 e. The predicted octanol–water partition coefficient (Wildman–Crippen LogP) is 2.36. The van der Waals surface area contributed by atoms with Gasteiger partial charge in [0.05, 0.1) is 30.9 Å². The van der Waals surface area contributed by atoms with Gasteiger partial charge in [0, 0.05) is 6.20 Å². The Balaban J connectivity index is 2.78. The summed E-state index contributed by atoms with van der Waals surface area (Å²) < 4.78 is 37.6. The molecule has 1 rings (SSSR count). The van der Waals surface area contributed by atoms with E-state index in [0.717, 1.165) is 11.8 Å². The van der Waals surface area contributed by atoms with Crippen LogP contribution >= 0.6 is 0 Å². The lowest BCUT2D eigenvalue weighted by Gasteiger charge is -2.21. The highest BCUT2D eigenvalue weighted by Crippen LogP contribution is 2.24. The maximum atomic E-state index is 11.7. The van der Waals surface area contributed by atoms with Crippen LogP contribution in [0.5, 0.6) is 5.75 Å². The van der Waals surface area contributed by atoms with Crippen LogP contribution in [0.3, 0.4) is 0 Å². The number of carbonyl (C=O) groups is 1. The summed E-state index contributed by atoms with van der Waals surface area (Å²) >= 11 is 0. The van der Waals surface area contributed by atoms with Gasteiger partial charge < -0.3 is 14.8 Å². The zero-order valence-corrected chi connectivity index (χ0v) is 16.6. The molecule has 0 spiro atoms. The molecule has 0 aliphatic carbocycles. The number of allylic oxidation sites excluding steroid dienone is 1. The molecule has 0 saturated carbocycles. The van der Waals surface area contributed by atoms with Crippen LogP contribution in [0.25, 0.3) is 0 Å². The molecule has 8 nitrogen and oxygen atoms in total. The zero-order chi connectivity index (χ0) is 20.0. The molecule has 0 unspecified atom stereocenters. The Labute approximate surface area is 154 Å². The average Bonchev–Trinajstić information content (AvgIpc) is 2.48. The number of ether oxygens (including phenoxy) is 2. The minimum absolute atomic E-state index is 0.0317. The van der Waals surface area contributed by atoms with Crippen LogP contribution in [0.2, 0.25) is 0 Å². The van der Waals surface area contributed by atoms with Crippen molar-refractivity contribution in [1.29, 1.82) is 0 Å². The number of hydrogen-bond donors (Lipinski definition) is 1. The molecule has 26 heavy (non-hydrogen) atoms. The van der Waals surface area contributed by atoms with Crippen LogP contribution in [0, 0.1) is 0 Å². The molecule has 146 valence electrons. The minimum Gasteiger partial charge on any atom is -0.490 e. The lowest BCUT2D eigenvalue weighted by Crippen LogP contribution is -2.43. The zero-order valence-electron chi connectivity index (χ0n) is 15.7. The molecule has 0 bridgehead atoms. The van der Waals surface area contributed by atoms with Crippen LogP contribution in [-0.4, -0.2) is 45.0 Å². The first-order valence-electron chi connectivity index (χ1n) is 7.93. The molecule has 1 heterocycles. The Bertz CT molecular complexity index is 740. The van der Waals surface area contributed by atoms with Gasteiger partial charge in [-0.3, -0.25) is 9.17 Å². The maximum absolute atomic E-state index is 11.7. The van der Waals surface area contributed by atoms with E-state index in [4.69, 9.17) is 13.7 Å². The van der Waals surface area contributed by atoms with Gasteiger partial charge >= 0.3 is 6.09 Å². The van der Waals surface area contributed by atoms with Crippen molar-refractivity contribution in [3.05, 3.63) is 36.4 Å². The Morgan fingerprint density at radius 2 is 1.96 bits per heavy atom. The number of pyridine rings is 1. The highest BCUT2D eigenvalue weighted by molar-refractivity contribution is 7.85. The second-order valence-electron chi connectivity index (χ2n) is 6.89. The van der Waals surface area contributed by atoms with Crippen LogP contribution in [0.4, 0.5) is 4.79 Å². The molecule has 1 atom stereocenters. The molecule has 0 radical (unpaired) electrons. The van der Waals surface area contributed by atoms with Gasteiger partial charge in [-0.15, -0.1) is 0 Å². The van der Waals surface area contributed by atoms with E-state index in [9.17, 15) is 13.2 Å². The smallest absolute Gasteiger partial charge is 0.412 e. The molecule has 0 aliphatic heterocycles. The van der Waals surface area contributed by atoms with E-state index in [-0.39, 0.29) is 24.4 Å². The lowest BCUT2D eigenvalue weighted by molar-refractivity contribution is 0.152. The van der Waals surface area contributed by atoms with E-state index in [0.29, 0.717) is 5.75 Å². The van der Waals surface area contributed by atoms with Gasteiger partial charge in [0.1, 0.15) is 12.4 Å². The highest BCUT2D eigenvalue weighted by atomic mass is 32.2. The molecular formula is C17H26N2O6S. The molecule has 1 N–H and O–H groups in total. The Kier molecular flexibility index (Phi) is 7.58. The van der Waals surface area contributed by atoms with Crippen molar-refractivity contribution in [3.63, 3.8) is 0 Å². The molecule has 1 aromatic heterocycles. The van der Waals surface area contributed by atoms with Gasteiger partial charge in [0.2, 0.25) is 0 Å². The highest BCUT2D eigenvalue weighted by Gasteiger charge is 2.19. The Morgan fingerprint density at radius 3 is 2.50 bits per heavy atom. The molecule has 1 amide bonds. The van der Waals surface area contributed by atoms with E-state index < -0.39 is 22.3 Å². The van der Waals surface area contributed by atoms with Crippen molar-refractivity contribution < 1.29 is 26.9 Å². The minimum atomic E-state index is -3.66. The monoisotopic (exact) mass is 386 g/mol. The van der Waals surface area contributed by atoms with Crippen LogP contribution in [0.15, 0.2) is 30.8 Å². The van der Waals surface area contributed by atoms with Crippen molar-refractivity contribution in [2.45, 2.75) is 39.2 Å². The van der Waals surface area contributed by atoms with Crippen molar-refractivity contribution in [2.24, 2.45) is 0 Å². The summed E-state index contributed by atoms with van der Waals surface area (Å²) in [6.45, 7) is 10.8. The molecule has 1 aromatic rings. The number of alkyl carbamates (subject to hydrolysis) is 1. The van der Waals surface area contributed by atoms with Gasteiger partial charge in [0.25, 0.3) is 10.1 Å². The quantitative estimate of drug-likeness (QED) is 0.540. The van der Waals surface area contributed by atoms with Gasteiger partial charge in [-0.25, -0.2) is 4.79 Å². The van der Waals surface area contributed by atoms with Crippen LogP contribution < -0.4 is 10.1 Å². The van der Waals surface area contributed by atoms with Gasteiger partial charge in [-0.2, -0.15) is 8.42 Å². The first-order chi connectivity index (χ1) is 11.9. The molecule has 0 aliphatic rings. The molecule has 0 saturated heterocycles.